The van der Waals surface area contributed by atoms with E-state index in [1.165, 1.54) is 92.7 Å². The smallest absolute Gasteiger partial charge is 0.252 e. The van der Waals surface area contributed by atoms with Crippen LogP contribution in [-0.4, -0.2) is 25.0 Å². The highest BCUT2D eigenvalue weighted by Gasteiger charge is 2.46. The van der Waals surface area contributed by atoms with Gasteiger partial charge >= 0.3 is 0 Å². The molecular weight excluding hydrogens is 1420 g/mol. The van der Waals surface area contributed by atoms with Gasteiger partial charge in [0, 0.05) is 111 Å². The van der Waals surface area contributed by atoms with E-state index in [1.807, 2.05) is 0 Å². The molecule has 0 atom stereocenters. The van der Waals surface area contributed by atoms with Gasteiger partial charge in [-0.15, -0.1) is 0 Å². The van der Waals surface area contributed by atoms with Crippen LogP contribution in [0.15, 0.2) is 382 Å². The average molecular weight is 1500 g/mol. The molecule has 0 spiro atoms. The number of hydrogen-bond acceptors (Lipinski definition) is 2. The molecule has 0 saturated heterocycles. The number of fused-ring (bicyclic) bond motifs is 16. The second-order valence-electron chi connectivity index (χ2n) is 34.0. The van der Waals surface area contributed by atoms with E-state index in [4.69, 9.17) is 0 Å². The largest absolute Gasteiger partial charge is 0.310 e. The Morgan fingerprint density at radius 1 is 0.205 bits per heavy atom. The average Bonchev–Trinajstić information content (AvgIpc) is 1.69. The van der Waals surface area contributed by atoms with E-state index in [2.05, 4.69) is 452 Å². The fourth-order valence-electron chi connectivity index (χ4n) is 19.8. The molecule has 0 N–H and O–H groups in total. The van der Waals surface area contributed by atoms with Crippen LogP contribution in [0.1, 0.15) is 52.7 Å². The fourth-order valence-corrected chi connectivity index (χ4v) is 19.8. The first-order valence-corrected chi connectivity index (χ1v) is 41.0. The summed E-state index contributed by atoms with van der Waals surface area (Å²) in [5.41, 5.74) is 35.4. The molecule has 0 radical (unpaired) electrons. The maximum absolute atomic E-state index is 2.70. The van der Waals surface area contributed by atoms with Crippen LogP contribution in [0, 0.1) is 0 Å². The van der Waals surface area contributed by atoms with Gasteiger partial charge in [-0.3, -0.25) is 0 Å². The lowest BCUT2D eigenvalue weighted by Gasteiger charge is -2.46. The molecule has 7 heteroatoms. The van der Waals surface area contributed by atoms with Crippen molar-refractivity contribution < 1.29 is 0 Å². The number of rotatable bonds is 10. The standard InChI is InChI=1S/C110H81BN6/c1-109(2,3)74-62-86(70-32-11-7-12-33-70)107(87(63-74)71-34-13-8-14-35-71)116-102-52-31-53-103-106(102)111(92-58-54-78(68-104(92)116)114-98-50-29-23-44-84(98)90-66-76(56-60-100(90)114)112-94-46-25-19-40-80(94)81-41-20-26-47-95(81)112)93-59-55-79(69-105(93)117(103)108-88(72-36-15-9-16-37-72)64-75(110(4,5)6)65-89(108)73-38-17-10-18-39-73)115-99-51-30-24-45-85(99)91-67-77(57-61-101(91)115)113-96-48-27-21-42-82(96)83-43-22-28-49-97(83)113/h7-69H,1-6H3. The number of anilines is 6. The normalized spacial score (nSPS) is 12.8. The Morgan fingerprint density at radius 3 is 0.744 bits per heavy atom. The molecule has 0 fully saturated rings. The molecule has 23 rings (SSSR count). The molecule has 0 saturated carbocycles. The van der Waals surface area contributed by atoms with Crippen LogP contribution in [0.5, 0.6) is 0 Å². The zero-order valence-corrected chi connectivity index (χ0v) is 66.1. The zero-order valence-electron chi connectivity index (χ0n) is 66.1. The van der Waals surface area contributed by atoms with E-state index in [1.54, 1.807) is 0 Å². The van der Waals surface area contributed by atoms with Crippen LogP contribution in [-0.2, 0) is 10.8 Å². The molecule has 117 heavy (non-hydrogen) atoms. The second kappa shape index (κ2) is 26.1. The summed E-state index contributed by atoms with van der Waals surface area (Å²) in [5.74, 6) is 0. The van der Waals surface area contributed by atoms with Crippen molar-refractivity contribution in [3.8, 4) is 67.3 Å². The number of nitrogens with zero attached hydrogens (tertiary/aromatic N) is 6. The highest BCUT2D eigenvalue weighted by Crippen LogP contribution is 2.55. The van der Waals surface area contributed by atoms with Crippen LogP contribution in [0.2, 0.25) is 0 Å². The molecular formula is C110H81BN6. The third-order valence-corrected chi connectivity index (χ3v) is 25.2. The topological polar surface area (TPSA) is 26.2 Å². The Bertz CT molecular complexity index is 6980. The SMILES string of the molecule is CC(C)(C)c1cc(-c2ccccc2)c(N2c3cc(-n4c5ccccc5c5cc(-n6c7ccccc7c7ccccc76)ccc54)ccc3B3c4ccc(-n5c6ccccc6c6cc(-n7c8ccccc8c8ccccc87)ccc65)cc4N(c4c(-c5ccccc5)cc(C(C)(C)C)cc4-c4ccccc4)c4cccc2c43)c(-c2ccccc2)c1. The first kappa shape index (κ1) is 68.2. The predicted molar refractivity (Wildman–Crippen MR) is 497 cm³/mol. The molecule has 17 aromatic carbocycles. The van der Waals surface area contributed by atoms with Gasteiger partial charge in [0.2, 0.25) is 0 Å². The van der Waals surface area contributed by atoms with E-state index in [9.17, 15) is 0 Å². The summed E-state index contributed by atoms with van der Waals surface area (Å²) in [7, 11) is 0. The third kappa shape index (κ3) is 10.5. The first-order valence-electron chi connectivity index (χ1n) is 41.0. The summed E-state index contributed by atoms with van der Waals surface area (Å²) in [6, 6.07) is 145. The van der Waals surface area contributed by atoms with Gasteiger partial charge < -0.3 is 28.1 Å². The summed E-state index contributed by atoms with van der Waals surface area (Å²) < 4.78 is 9.95. The van der Waals surface area contributed by atoms with Gasteiger partial charge in [-0.2, -0.15) is 0 Å². The Hall–Kier alpha value is -14.4. The van der Waals surface area contributed by atoms with E-state index in [0.29, 0.717) is 0 Å². The molecule has 0 bridgehead atoms. The van der Waals surface area contributed by atoms with Crippen LogP contribution < -0.4 is 26.2 Å². The van der Waals surface area contributed by atoms with Crippen LogP contribution in [0.4, 0.5) is 34.1 Å². The zero-order chi connectivity index (χ0) is 78.1. The van der Waals surface area contributed by atoms with Crippen molar-refractivity contribution in [1.29, 1.82) is 0 Å². The monoisotopic (exact) mass is 1500 g/mol. The lowest BCUT2D eigenvalue weighted by molar-refractivity contribution is 0.590. The van der Waals surface area contributed by atoms with Gasteiger partial charge in [0.1, 0.15) is 0 Å². The molecule has 2 aliphatic rings. The van der Waals surface area contributed by atoms with Crippen molar-refractivity contribution in [3.05, 3.63) is 393 Å². The lowest BCUT2D eigenvalue weighted by Crippen LogP contribution is -2.61. The molecule has 0 amide bonds. The van der Waals surface area contributed by atoms with Crippen molar-refractivity contribution >= 4 is 144 Å². The van der Waals surface area contributed by atoms with Crippen LogP contribution in [0.3, 0.4) is 0 Å². The third-order valence-electron chi connectivity index (χ3n) is 25.2. The van der Waals surface area contributed by atoms with Crippen molar-refractivity contribution in [2.75, 3.05) is 9.80 Å². The molecule has 6 nitrogen and oxygen atoms in total. The predicted octanol–water partition coefficient (Wildman–Crippen LogP) is 27.4. The van der Waals surface area contributed by atoms with Crippen molar-refractivity contribution in [2.24, 2.45) is 0 Å². The van der Waals surface area contributed by atoms with E-state index in [0.717, 1.165) is 123 Å². The highest BCUT2D eigenvalue weighted by molar-refractivity contribution is 7.00. The summed E-state index contributed by atoms with van der Waals surface area (Å²) in [5, 5.41) is 9.74. The summed E-state index contributed by atoms with van der Waals surface area (Å²) in [4.78, 5) is 5.39. The lowest BCUT2D eigenvalue weighted by atomic mass is 9.33. The molecule has 21 aromatic rings. The van der Waals surface area contributed by atoms with E-state index >= 15 is 0 Å². The summed E-state index contributed by atoms with van der Waals surface area (Å²) in [6.45, 7) is 13.9. The maximum atomic E-state index is 2.70. The van der Waals surface area contributed by atoms with Gasteiger partial charge in [0.25, 0.3) is 6.71 Å². The van der Waals surface area contributed by atoms with Gasteiger partial charge in [0.15, 0.2) is 0 Å². The number of para-hydroxylation sites is 6. The van der Waals surface area contributed by atoms with E-state index < -0.39 is 0 Å². The van der Waals surface area contributed by atoms with Gasteiger partial charge in [-0.05, 0) is 194 Å². The molecule has 4 aromatic heterocycles. The van der Waals surface area contributed by atoms with Gasteiger partial charge in [-0.1, -0.05) is 290 Å². The van der Waals surface area contributed by atoms with Crippen LogP contribution in [0.25, 0.3) is 154 Å². The van der Waals surface area contributed by atoms with Gasteiger partial charge in [-0.25, -0.2) is 0 Å². The Kier molecular flexibility index (Phi) is 15.2. The van der Waals surface area contributed by atoms with E-state index in [-0.39, 0.29) is 17.5 Å². The highest BCUT2D eigenvalue weighted by atomic mass is 15.2. The molecule has 554 valence electrons. The van der Waals surface area contributed by atoms with Crippen LogP contribution >= 0.6 is 0 Å². The van der Waals surface area contributed by atoms with Gasteiger partial charge in [0.05, 0.1) is 55.5 Å². The Balaban J connectivity index is 0.828. The van der Waals surface area contributed by atoms with Crippen molar-refractivity contribution in [2.45, 2.75) is 52.4 Å². The molecule has 0 unspecified atom stereocenters. The molecule has 0 aliphatic carbocycles. The quantitative estimate of drug-likeness (QED) is 0.128. The van der Waals surface area contributed by atoms with Crippen molar-refractivity contribution in [1.82, 2.24) is 18.3 Å². The first-order chi connectivity index (χ1) is 57.4. The minimum Gasteiger partial charge on any atom is -0.310 e. The Morgan fingerprint density at radius 2 is 0.453 bits per heavy atom. The number of benzene rings is 17. The molecule has 2 aliphatic heterocycles. The minimum atomic E-state index is -0.265. The Labute approximate surface area is 680 Å². The summed E-state index contributed by atoms with van der Waals surface area (Å²) in [6.07, 6.45) is 0. The van der Waals surface area contributed by atoms with Crippen molar-refractivity contribution in [3.63, 3.8) is 0 Å². The number of hydrogen-bond donors (Lipinski definition) is 0. The maximum Gasteiger partial charge on any atom is 0.252 e. The summed E-state index contributed by atoms with van der Waals surface area (Å²) >= 11 is 0. The number of aromatic nitrogens is 4. The molecule has 6 heterocycles. The minimum absolute atomic E-state index is 0.207. The fraction of sp³-hybridized carbons (Fsp3) is 0.0727. The second-order valence-corrected chi connectivity index (χ2v) is 34.0.